The van der Waals surface area contributed by atoms with Gasteiger partial charge in [0, 0.05) is 6.54 Å². The Labute approximate surface area is 124 Å². The smallest absolute Gasteiger partial charge is 0.319 e. The van der Waals surface area contributed by atoms with Gasteiger partial charge in [-0.15, -0.1) is 0 Å². The molecule has 0 radical (unpaired) electrons. The van der Waals surface area contributed by atoms with Crippen molar-refractivity contribution >= 4 is 11.9 Å². The first-order valence-corrected chi connectivity index (χ1v) is 7.26. The lowest BCUT2D eigenvalue weighted by Crippen LogP contribution is -2.44. The topological polar surface area (TPSA) is 61.4 Å². The maximum atomic E-state index is 12.6. The molecule has 2 N–H and O–H groups in total. The molecule has 0 bridgehead atoms. The standard InChI is InChI=1S/C16H19N3O2/c1-3-8-19-9-12-13(15(19)20)14(18-16(21)17-12)11-6-4-10(2)5-7-11/h4-7,14H,3,8-9H2,1-2H3,(H2,17,18,21)/t14-/m0/s1. The van der Waals surface area contributed by atoms with E-state index in [1.807, 2.05) is 38.1 Å². The lowest BCUT2D eigenvalue weighted by molar-refractivity contribution is -0.125. The average Bonchev–Trinajstić information content (AvgIpc) is 2.76. The molecule has 0 saturated heterocycles. The summed E-state index contributed by atoms with van der Waals surface area (Å²) in [5.41, 5.74) is 3.50. The zero-order chi connectivity index (χ0) is 15.0. The second-order valence-electron chi connectivity index (χ2n) is 5.56. The van der Waals surface area contributed by atoms with Crippen LogP contribution in [0.5, 0.6) is 0 Å². The van der Waals surface area contributed by atoms with Crippen molar-refractivity contribution in [2.24, 2.45) is 0 Å². The van der Waals surface area contributed by atoms with Gasteiger partial charge in [0.2, 0.25) is 0 Å². The van der Waals surface area contributed by atoms with Gasteiger partial charge in [0.1, 0.15) is 0 Å². The van der Waals surface area contributed by atoms with E-state index < -0.39 is 0 Å². The Morgan fingerprint density at radius 2 is 1.95 bits per heavy atom. The van der Waals surface area contributed by atoms with E-state index in [4.69, 9.17) is 0 Å². The number of benzene rings is 1. The molecule has 3 amide bonds. The number of carbonyl (C=O) groups is 2. The molecular formula is C16H19N3O2. The van der Waals surface area contributed by atoms with E-state index in [0.717, 1.165) is 23.2 Å². The van der Waals surface area contributed by atoms with E-state index in [2.05, 4.69) is 10.6 Å². The maximum absolute atomic E-state index is 12.6. The summed E-state index contributed by atoms with van der Waals surface area (Å²) < 4.78 is 0. The van der Waals surface area contributed by atoms with Crippen molar-refractivity contribution < 1.29 is 9.59 Å². The lowest BCUT2D eigenvalue weighted by Gasteiger charge is -2.25. The van der Waals surface area contributed by atoms with Gasteiger partial charge in [-0.3, -0.25) is 4.79 Å². The SMILES string of the molecule is CCCN1CC2=C(C1=O)[C@H](c1ccc(C)cc1)NC(=O)N2. The number of rotatable bonds is 3. The van der Waals surface area contributed by atoms with E-state index in [1.165, 1.54) is 0 Å². The van der Waals surface area contributed by atoms with Gasteiger partial charge in [0.05, 0.1) is 23.9 Å². The Balaban J connectivity index is 1.96. The van der Waals surface area contributed by atoms with E-state index in [0.29, 0.717) is 18.7 Å². The number of aryl methyl sites for hydroxylation is 1. The second-order valence-corrected chi connectivity index (χ2v) is 5.56. The molecule has 1 aromatic rings. The molecule has 110 valence electrons. The number of carbonyl (C=O) groups excluding carboxylic acids is 2. The molecular weight excluding hydrogens is 266 g/mol. The Bertz CT molecular complexity index is 619. The molecule has 3 rings (SSSR count). The highest BCUT2D eigenvalue weighted by Crippen LogP contribution is 2.32. The van der Waals surface area contributed by atoms with Gasteiger partial charge in [-0.25, -0.2) is 4.79 Å². The van der Waals surface area contributed by atoms with Gasteiger partial charge in [-0.1, -0.05) is 36.8 Å². The number of nitrogens with one attached hydrogen (secondary N) is 2. The summed E-state index contributed by atoms with van der Waals surface area (Å²) in [6.45, 7) is 5.26. The molecule has 1 aromatic carbocycles. The molecule has 2 heterocycles. The third-order valence-electron chi connectivity index (χ3n) is 3.92. The van der Waals surface area contributed by atoms with Crippen molar-refractivity contribution in [1.82, 2.24) is 15.5 Å². The van der Waals surface area contributed by atoms with E-state index in [-0.39, 0.29) is 18.0 Å². The molecule has 21 heavy (non-hydrogen) atoms. The van der Waals surface area contributed by atoms with Crippen molar-refractivity contribution in [3.05, 3.63) is 46.7 Å². The largest absolute Gasteiger partial charge is 0.333 e. The first kappa shape index (κ1) is 13.7. The fourth-order valence-corrected chi connectivity index (χ4v) is 2.89. The number of hydrogen-bond acceptors (Lipinski definition) is 2. The molecule has 0 fully saturated rings. The van der Waals surface area contributed by atoms with Gasteiger partial charge in [0.15, 0.2) is 0 Å². The molecule has 2 aliphatic rings. The van der Waals surface area contributed by atoms with Gasteiger partial charge in [0.25, 0.3) is 5.91 Å². The normalized spacial score (nSPS) is 21.2. The van der Waals surface area contributed by atoms with Crippen LogP contribution in [0.1, 0.15) is 30.5 Å². The Hall–Kier alpha value is -2.30. The lowest BCUT2D eigenvalue weighted by atomic mass is 9.95. The zero-order valence-corrected chi connectivity index (χ0v) is 12.3. The predicted molar refractivity (Wildman–Crippen MR) is 79.5 cm³/mol. The maximum Gasteiger partial charge on any atom is 0.319 e. The van der Waals surface area contributed by atoms with E-state index in [9.17, 15) is 9.59 Å². The minimum absolute atomic E-state index is 0.0184. The highest BCUT2D eigenvalue weighted by atomic mass is 16.2. The molecule has 0 spiro atoms. The molecule has 5 heteroatoms. The van der Waals surface area contributed by atoms with Crippen LogP contribution in [-0.2, 0) is 4.79 Å². The Morgan fingerprint density at radius 3 is 2.62 bits per heavy atom. The quantitative estimate of drug-likeness (QED) is 0.890. The number of nitrogens with zero attached hydrogens (tertiary/aromatic N) is 1. The summed E-state index contributed by atoms with van der Waals surface area (Å²) in [6.07, 6.45) is 0.906. The molecule has 1 atom stereocenters. The molecule has 0 saturated carbocycles. The second kappa shape index (κ2) is 5.24. The predicted octanol–water partition coefficient (Wildman–Crippen LogP) is 1.86. The van der Waals surface area contributed by atoms with Crippen LogP contribution >= 0.6 is 0 Å². The van der Waals surface area contributed by atoms with Crippen LogP contribution in [0.3, 0.4) is 0 Å². The zero-order valence-electron chi connectivity index (χ0n) is 12.3. The third kappa shape index (κ3) is 2.39. The summed E-state index contributed by atoms with van der Waals surface area (Å²) in [5.74, 6) is 0.0184. The molecule has 2 aliphatic heterocycles. The van der Waals surface area contributed by atoms with Gasteiger partial charge in [-0.2, -0.15) is 0 Å². The van der Waals surface area contributed by atoms with Gasteiger partial charge in [-0.05, 0) is 18.9 Å². The Morgan fingerprint density at radius 1 is 1.24 bits per heavy atom. The first-order chi connectivity index (χ1) is 10.1. The summed E-state index contributed by atoms with van der Waals surface area (Å²) in [6, 6.07) is 7.31. The Kier molecular flexibility index (Phi) is 3.41. The third-order valence-corrected chi connectivity index (χ3v) is 3.92. The molecule has 0 aliphatic carbocycles. The molecule has 0 unspecified atom stereocenters. The summed E-state index contributed by atoms with van der Waals surface area (Å²) >= 11 is 0. The summed E-state index contributed by atoms with van der Waals surface area (Å²) in [4.78, 5) is 26.2. The first-order valence-electron chi connectivity index (χ1n) is 7.26. The highest BCUT2D eigenvalue weighted by molar-refractivity contribution is 6.01. The number of hydrogen-bond donors (Lipinski definition) is 2. The highest BCUT2D eigenvalue weighted by Gasteiger charge is 2.39. The van der Waals surface area contributed by atoms with Gasteiger partial charge < -0.3 is 15.5 Å². The fourth-order valence-electron chi connectivity index (χ4n) is 2.89. The van der Waals surface area contributed by atoms with Crippen molar-refractivity contribution in [3.8, 4) is 0 Å². The van der Waals surface area contributed by atoms with Crippen molar-refractivity contribution in [3.63, 3.8) is 0 Å². The molecule has 0 aromatic heterocycles. The van der Waals surface area contributed by atoms with Crippen LogP contribution in [0.4, 0.5) is 4.79 Å². The van der Waals surface area contributed by atoms with Crippen molar-refractivity contribution in [2.45, 2.75) is 26.3 Å². The minimum atomic E-state index is -0.358. The van der Waals surface area contributed by atoms with Crippen LogP contribution < -0.4 is 10.6 Å². The van der Waals surface area contributed by atoms with Crippen LogP contribution in [0.2, 0.25) is 0 Å². The van der Waals surface area contributed by atoms with E-state index in [1.54, 1.807) is 4.90 Å². The number of amides is 3. The minimum Gasteiger partial charge on any atom is -0.333 e. The fraction of sp³-hybridized carbons (Fsp3) is 0.375. The van der Waals surface area contributed by atoms with Crippen LogP contribution in [0, 0.1) is 6.92 Å². The van der Waals surface area contributed by atoms with Crippen molar-refractivity contribution in [1.29, 1.82) is 0 Å². The monoisotopic (exact) mass is 285 g/mol. The number of urea groups is 1. The van der Waals surface area contributed by atoms with Crippen LogP contribution in [-0.4, -0.2) is 29.9 Å². The summed E-state index contributed by atoms with van der Waals surface area (Å²) in [7, 11) is 0. The van der Waals surface area contributed by atoms with Gasteiger partial charge >= 0.3 is 6.03 Å². The van der Waals surface area contributed by atoms with E-state index >= 15 is 0 Å². The van der Waals surface area contributed by atoms with Crippen molar-refractivity contribution in [2.75, 3.05) is 13.1 Å². The molecule has 5 nitrogen and oxygen atoms in total. The van der Waals surface area contributed by atoms with Crippen LogP contribution in [0.25, 0.3) is 0 Å². The summed E-state index contributed by atoms with van der Waals surface area (Å²) in [5, 5.41) is 5.64. The average molecular weight is 285 g/mol. The van der Waals surface area contributed by atoms with Crippen LogP contribution in [0.15, 0.2) is 35.5 Å².